The van der Waals surface area contributed by atoms with Crippen molar-refractivity contribution >= 4 is 16.5 Å². The average molecular weight is 380 g/mol. The fraction of sp³-hybridized carbons (Fsp3) is 0.158. The summed E-state index contributed by atoms with van der Waals surface area (Å²) in [5.74, 6) is 1.50. The molecule has 0 saturated carbocycles. The van der Waals surface area contributed by atoms with Gasteiger partial charge in [0.05, 0.1) is 0 Å². The third kappa shape index (κ3) is 4.17. The van der Waals surface area contributed by atoms with Crippen LogP contribution >= 0.6 is 11.3 Å². The standard InChI is InChI=1S/C19H17FN6S/c1-13-21-8-9-26(13)17-7-4-15(11-22-17)12-23-19-25-24-18(27-19)10-14-2-5-16(20)6-3-14/h2-9,11H,10,12H2,1H3,(H,23,25). The second-order valence-electron chi connectivity index (χ2n) is 6.03. The number of anilines is 1. The van der Waals surface area contributed by atoms with Crippen LogP contribution in [0.4, 0.5) is 9.52 Å². The largest absolute Gasteiger partial charge is 0.356 e. The van der Waals surface area contributed by atoms with E-state index in [1.165, 1.54) is 23.5 Å². The van der Waals surface area contributed by atoms with Crippen LogP contribution in [0.1, 0.15) is 22.0 Å². The monoisotopic (exact) mass is 380 g/mol. The van der Waals surface area contributed by atoms with Crippen LogP contribution in [0.25, 0.3) is 5.82 Å². The summed E-state index contributed by atoms with van der Waals surface area (Å²) in [6.45, 7) is 2.55. The Morgan fingerprint density at radius 2 is 1.85 bits per heavy atom. The lowest BCUT2D eigenvalue weighted by Crippen LogP contribution is -2.02. The van der Waals surface area contributed by atoms with Crippen LogP contribution in [0.15, 0.2) is 55.0 Å². The molecule has 0 amide bonds. The number of rotatable bonds is 6. The van der Waals surface area contributed by atoms with Crippen LogP contribution in [0.5, 0.6) is 0 Å². The lowest BCUT2D eigenvalue weighted by Gasteiger charge is -2.06. The van der Waals surface area contributed by atoms with Gasteiger partial charge in [0.25, 0.3) is 0 Å². The minimum Gasteiger partial charge on any atom is -0.356 e. The van der Waals surface area contributed by atoms with E-state index in [-0.39, 0.29) is 5.82 Å². The first-order chi connectivity index (χ1) is 13.2. The zero-order valence-corrected chi connectivity index (χ0v) is 15.4. The van der Waals surface area contributed by atoms with Gasteiger partial charge >= 0.3 is 0 Å². The smallest absolute Gasteiger partial charge is 0.205 e. The first-order valence-corrected chi connectivity index (χ1v) is 9.25. The summed E-state index contributed by atoms with van der Waals surface area (Å²) in [6.07, 6.45) is 6.12. The van der Waals surface area contributed by atoms with Crippen LogP contribution in [0.2, 0.25) is 0 Å². The van der Waals surface area contributed by atoms with Crippen molar-refractivity contribution in [3.8, 4) is 5.82 Å². The molecule has 1 N–H and O–H groups in total. The molecule has 0 radical (unpaired) electrons. The van der Waals surface area contributed by atoms with Crippen molar-refractivity contribution < 1.29 is 4.39 Å². The van der Waals surface area contributed by atoms with Crippen molar-refractivity contribution in [1.29, 1.82) is 0 Å². The molecule has 0 spiro atoms. The van der Waals surface area contributed by atoms with Crippen molar-refractivity contribution in [3.05, 3.63) is 82.8 Å². The summed E-state index contributed by atoms with van der Waals surface area (Å²) in [4.78, 5) is 8.69. The molecule has 4 aromatic rings. The molecule has 0 aliphatic carbocycles. The maximum Gasteiger partial charge on any atom is 0.205 e. The van der Waals surface area contributed by atoms with E-state index in [9.17, 15) is 4.39 Å². The first-order valence-electron chi connectivity index (χ1n) is 8.43. The van der Waals surface area contributed by atoms with E-state index in [0.29, 0.717) is 13.0 Å². The van der Waals surface area contributed by atoms with E-state index >= 15 is 0 Å². The number of halogens is 1. The highest BCUT2D eigenvalue weighted by atomic mass is 32.1. The van der Waals surface area contributed by atoms with Gasteiger partial charge < -0.3 is 5.32 Å². The molecule has 3 heterocycles. The quantitative estimate of drug-likeness (QED) is 0.551. The number of nitrogens with zero attached hydrogens (tertiary/aromatic N) is 5. The number of benzene rings is 1. The molecule has 4 rings (SSSR count). The molecule has 0 saturated heterocycles. The second-order valence-corrected chi connectivity index (χ2v) is 7.09. The third-order valence-electron chi connectivity index (χ3n) is 4.06. The topological polar surface area (TPSA) is 68.5 Å². The molecule has 0 atom stereocenters. The van der Waals surface area contributed by atoms with E-state index in [1.54, 1.807) is 18.3 Å². The Balaban J connectivity index is 1.36. The van der Waals surface area contributed by atoms with Crippen molar-refractivity contribution in [1.82, 2.24) is 24.7 Å². The summed E-state index contributed by atoms with van der Waals surface area (Å²) in [5.41, 5.74) is 2.06. The summed E-state index contributed by atoms with van der Waals surface area (Å²) in [5, 5.41) is 13.3. The molecule has 27 heavy (non-hydrogen) atoms. The van der Waals surface area contributed by atoms with Gasteiger partial charge in [-0.1, -0.05) is 29.5 Å². The van der Waals surface area contributed by atoms with Crippen LogP contribution in [0, 0.1) is 12.7 Å². The molecular weight excluding hydrogens is 363 g/mol. The van der Waals surface area contributed by atoms with E-state index < -0.39 is 0 Å². The number of pyridine rings is 1. The highest BCUT2D eigenvalue weighted by Gasteiger charge is 2.06. The third-order valence-corrected chi connectivity index (χ3v) is 4.94. The average Bonchev–Trinajstić information content (AvgIpc) is 3.31. The van der Waals surface area contributed by atoms with Crippen LogP contribution in [0.3, 0.4) is 0 Å². The van der Waals surface area contributed by atoms with Gasteiger partial charge in [0, 0.05) is 31.6 Å². The number of hydrogen-bond acceptors (Lipinski definition) is 6. The fourth-order valence-electron chi connectivity index (χ4n) is 2.63. The number of hydrogen-bond donors (Lipinski definition) is 1. The van der Waals surface area contributed by atoms with E-state index in [2.05, 4.69) is 25.5 Å². The van der Waals surface area contributed by atoms with Crippen molar-refractivity contribution in [2.24, 2.45) is 0 Å². The molecule has 0 bridgehead atoms. The lowest BCUT2D eigenvalue weighted by molar-refractivity contribution is 0.627. The molecule has 0 aliphatic heterocycles. The van der Waals surface area contributed by atoms with Crippen molar-refractivity contribution in [2.45, 2.75) is 19.9 Å². The van der Waals surface area contributed by atoms with E-state index in [1.807, 2.05) is 36.0 Å². The second kappa shape index (κ2) is 7.63. The zero-order valence-electron chi connectivity index (χ0n) is 14.6. The van der Waals surface area contributed by atoms with Crippen LogP contribution in [-0.4, -0.2) is 24.7 Å². The molecule has 0 aliphatic rings. The Labute approximate surface area is 159 Å². The Kier molecular flexibility index (Phi) is 4.88. The Morgan fingerprint density at radius 3 is 2.56 bits per heavy atom. The number of nitrogens with one attached hydrogen (secondary N) is 1. The van der Waals surface area contributed by atoms with Crippen molar-refractivity contribution in [2.75, 3.05) is 5.32 Å². The minimum absolute atomic E-state index is 0.235. The molecule has 0 unspecified atom stereocenters. The van der Waals surface area contributed by atoms with E-state index in [0.717, 1.165) is 32.9 Å². The van der Waals surface area contributed by atoms with E-state index in [4.69, 9.17) is 0 Å². The fourth-order valence-corrected chi connectivity index (χ4v) is 3.40. The maximum absolute atomic E-state index is 13.0. The van der Waals surface area contributed by atoms with Gasteiger partial charge in [0.15, 0.2) is 0 Å². The molecular formula is C19H17FN6S. The number of aryl methyl sites for hydroxylation is 1. The maximum atomic E-state index is 13.0. The minimum atomic E-state index is -0.235. The van der Waals surface area contributed by atoms with Gasteiger partial charge in [-0.05, 0) is 36.2 Å². The van der Waals surface area contributed by atoms with Crippen LogP contribution < -0.4 is 5.32 Å². The predicted octanol–water partition coefficient (Wildman–Crippen LogP) is 3.77. The summed E-state index contributed by atoms with van der Waals surface area (Å²) in [6, 6.07) is 10.4. The Morgan fingerprint density at radius 1 is 1.04 bits per heavy atom. The highest BCUT2D eigenvalue weighted by molar-refractivity contribution is 7.15. The summed E-state index contributed by atoms with van der Waals surface area (Å²) < 4.78 is 14.9. The van der Waals surface area contributed by atoms with Gasteiger partial charge in [0.1, 0.15) is 22.5 Å². The van der Waals surface area contributed by atoms with Gasteiger partial charge in [-0.15, -0.1) is 10.2 Å². The normalized spacial score (nSPS) is 10.9. The molecule has 1 aromatic carbocycles. The Bertz CT molecular complexity index is 1020. The molecule has 0 fully saturated rings. The summed E-state index contributed by atoms with van der Waals surface area (Å²) in [7, 11) is 0. The highest BCUT2D eigenvalue weighted by Crippen LogP contribution is 2.19. The lowest BCUT2D eigenvalue weighted by atomic mass is 10.2. The number of aromatic nitrogens is 5. The van der Waals surface area contributed by atoms with Crippen molar-refractivity contribution in [3.63, 3.8) is 0 Å². The molecule has 6 nitrogen and oxygen atoms in total. The van der Waals surface area contributed by atoms with Gasteiger partial charge in [-0.2, -0.15) is 0 Å². The van der Waals surface area contributed by atoms with Gasteiger partial charge in [-0.3, -0.25) is 4.57 Å². The predicted molar refractivity (Wildman–Crippen MR) is 103 cm³/mol. The number of imidazole rings is 1. The molecule has 136 valence electrons. The van der Waals surface area contributed by atoms with Gasteiger partial charge in [-0.25, -0.2) is 14.4 Å². The Hall–Kier alpha value is -3.13. The molecule has 3 aromatic heterocycles. The first kappa shape index (κ1) is 17.3. The zero-order chi connectivity index (χ0) is 18.6. The van der Waals surface area contributed by atoms with Gasteiger partial charge in [0.2, 0.25) is 5.13 Å². The SMILES string of the molecule is Cc1nccn1-c1ccc(CNc2nnc(Cc3ccc(F)cc3)s2)cn1. The molecule has 8 heteroatoms. The van der Waals surface area contributed by atoms with Crippen LogP contribution in [-0.2, 0) is 13.0 Å². The summed E-state index contributed by atoms with van der Waals surface area (Å²) >= 11 is 1.49.